The molecule has 0 amide bonds. The molecule has 1 aliphatic heterocycles. The van der Waals surface area contributed by atoms with Gasteiger partial charge in [-0.05, 0) is 51.5 Å². The molecular formula is C14H27NO3S. The van der Waals surface area contributed by atoms with Gasteiger partial charge in [-0.3, -0.25) is 0 Å². The van der Waals surface area contributed by atoms with Crippen LogP contribution in [0.3, 0.4) is 0 Å². The smallest absolute Gasteiger partial charge is 0.150 e. The molecule has 5 heteroatoms. The van der Waals surface area contributed by atoms with Gasteiger partial charge in [-0.15, -0.1) is 0 Å². The second-order valence-electron chi connectivity index (χ2n) is 6.58. The summed E-state index contributed by atoms with van der Waals surface area (Å²) in [6.07, 6.45) is 6.73. The number of nitrogens with one attached hydrogen (secondary N) is 1. The molecule has 1 saturated carbocycles. The maximum Gasteiger partial charge on any atom is 0.150 e. The number of rotatable bonds is 3. The molecule has 1 saturated heterocycles. The normalized spacial score (nSPS) is 36.7. The van der Waals surface area contributed by atoms with Gasteiger partial charge in [0.1, 0.15) is 9.84 Å². The van der Waals surface area contributed by atoms with E-state index in [4.69, 9.17) is 0 Å². The van der Waals surface area contributed by atoms with E-state index in [-0.39, 0.29) is 17.1 Å². The van der Waals surface area contributed by atoms with Gasteiger partial charge >= 0.3 is 0 Å². The Morgan fingerprint density at radius 3 is 2.42 bits per heavy atom. The van der Waals surface area contributed by atoms with Gasteiger partial charge in [-0.1, -0.05) is 6.42 Å². The molecule has 0 bridgehead atoms. The van der Waals surface area contributed by atoms with Gasteiger partial charge in [-0.2, -0.15) is 0 Å². The second kappa shape index (κ2) is 5.70. The molecule has 0 aromatic carbocycles. The fourth-order valence-corrected chi connectivity index (χ4v) is 4.93. The highest BCUT2D eigenvalue weighted by Crippen LogP contribution is 2.40. The third kappa shape index (κ3) is 3.50. The molecule has 2 rings (SSSR count). The van der Waals surface area contributed by atoms with Crippen molar-refractivity contribution in [3.8, 4) is 0 Å². The van der Waals surface area contributed by atoms with E-state index in [9.17, 15) is 13.5 Å². The van der Waals surface area contributed by atoms with Crippen molar-refractivity contribution in [2.75, 3.05) is 19.3 Å². The molecular weight excluding hydrogens is 262 g/mol. The minimum Gasteiger partial charge on any atom is -0.390 e. The summed E-state index contributed by atoms with van der Waals surface area (Å²) in [6.45, 7) is 3.80. The summed E-state index contributed by atoms with van der Waals surface area (Å²) in [4.78, 5) is 0. The zero-order valence-electron chi connectivity index (χ0n) is 12.1. The third-order valence-electron chi connectivity index (χ3n) is 5.18. The molecule has 0 spiro atoms. The van der Waals surface area contributed by atoms with Crippen LogP contribution in [0.4, 0.5) is 0 Å². The highest BCUT2D eigenvalue weighted by molar-refractivity contribution is 7.91. The summed E-state index contributed by atoms with van der Waals surface area (Å²) in [5.41, 5.74) is -0.739. The van der Waals surface area contributed by atoms with Crippen molar-refractivity contribution in [1.82, 2.24) is 5.32 Å². The standard InChI is InChI=1S/C14H27NO3S/c1-14(16,12-6-4-8-15-10-12)11-5-3-7-13(9-11)19(2,17)18/h11-13,15-16H,3-10H2,1-2H3. The van der Waals surface area contributed by atoms with Crippen LogP contribution in [-0.4, -0.2) is 43.7 Å². The maximum atomic E-state index is 11.7. The van der Waals surface area contributed by atoms with Crippen LogP contribution < -0.4 is 5.32 Å². The summed E-state index contributed by atoms with van der Waals surface area (Å²) < 4.78 is 23.5. The Morgan fingerprint density at radius 1 is 1.16 bits per heavy atom. The minimum atomic E-state index is -2.98. The van der Waals surface area contributed by atoms with E-state index in [1.54, 1.807) is 0 Å². The van der Waals surface area contributed by atoms with Gasteiger partial charge in [0, 0.05) is 18.7 Å². The summed E-state index contributed by atoms with van der Waals surface area (Å²) in [6, 6.07) is 0. The van der Waals surface area contributed by atoms with E-state index >= 15 is 0 Å². The molecule has 4 atom stereocenters. The average molecular weight is 289 g/mol. The summed E-state index contributed by atoms with van der Waals surface area (Å²) in [5.74, 6) is 0.371. The summed E-state index contributed by atoms with van der Waals surface area (Å²) >= 11 is 0. The van der Waals surface area contributed by atoms with Crippen molar-refractivity contribution in [3.05, 3.63) is 0 Å². The number of hydrogen-bond donors (Lipinski definition) is 2. The van der Waals surface area contributed by atoms with E-state index < -0.39 is 15.4 Å². The van der Waals surface area contributed by atoms with Crippen molar-refractivity contribution in [2.24, 2.45) is 11.8 Å². The Labute approximate surface area is 116 Å². The average Bonchev–Trinajstić information content (AvgIpc) is 2.39. The molecule has 0 aromatic rings. The van der Waals surface area contributed by atoms with Crippen LogP contribution in [-0.2, 0) is 9.84 Å². The lowest BCUT2D eigenvalue weighted by Crippen LogP contribution is -2.51. The van der Waals surface area contributed by atoms with Gasteiger partial charge in [0.2, 0.25) is 0 Å². The number of hydrogen-bond acceptors (Lipinski definition) is 4. The first-order chi connectivity index (χ1) is 8.82. The van der Waals surface area contributed by atoms with Crippen LogP contribution >= 0.6 is 0 Å². The van der Waals surface area contributed by atoms with Crippen molar-refractivity contribution in [3.63, 3.8) is 0 Å². The fraction of sp³-hybridized carbons (Fsp3) is 1.00. The van der Waals surface area contributed by atoms with Gasteiger partial charge in [0.15, 0.2) is 0 Å². The molecule has 2 aliphatic rings. The first-order valence-corrected chi connectivity index (χ1v) is 9.39. The van der Waals surface area contributed by atoms with Crippen LogP contribution in [0.25, 0.3) is 0 Å². The van der Waals surface area contributed by atoms with Crippen molar-refractivity contribution >= 4 is 9.84 Å². The second-order valence-corrected chi connectivity index (χ2v) is 8.91. The van der Waals surface area contributed by atoms with Gasteiger partial charge in [-0.25, -0.2) is 8.42 Å². The topological polar surface area (TPSA) is 66.4 Å². The summed E-state index contributed by atoms with van der Waals surface area (Å²) in [5, 5.41) is 14.0. The fourth-order valence-electron chi connectivity index (χ4n) is 3.75. The largest absolute Gasteiger partial charge is 0.390 e. The van der Waals surface area contributed by atoms with Crippen molar-refractivity contribution in [1.29, 1.82) is 0 Å². The van der Waals surface area contributed by atoms with Gasteiger partial charge in [0.25, 0.3) is 0 Å². The summed E-state index contributed by atoms with van der Waals surface area (Å²) in [7, 11) is -2.98. The first-order valence-electron chi connectivity index (χ1n) is 7.43. The highest BCUT2D eigenvalue weighted by Gasteiger charge is 2.43. The quantitative estimate of drug-likeness (QED) is 0.823. The van der Waals surface area contributed by atoms with Crippen LogP contribution in [0.5, 0.6) is 0 Å². The third-order valence-corrected chi connectivity index (χ3v) is 6.82. The number of sulfone groups is 1. The van der Waals surface area contributed by atoms with Gasteiger partial charge in [0.05, 0.1) is 10.9 Å². The molecule has 4 nitrogen and oxygen atoms in total. The molecule has 1 aliphatic carbocycles. The lowest BCUT2D eigenvalue weighted by molar-refractivity contribution is -0.0715. The first kappa shape index (κ1) is 15.3. The predicted molar refractivity (Wildman–Crippen MR) is 76.8 cm³/mol. The lowest BCUT2D eigenvalue weighted by atomic mass is 9.69. The van der Waals surface area contributed by atoms with Gasteiger partial charge < -0.3 is 10.4 Å². The van der Waals surface area contributed by atoms with Crippen molar-refractivity contribution in [2.45, 2.75) is 56.3 Å². The molecule has 2 fully saturated rings. The zero-order valence-corrected chi connectivity index (χ0v) is 12.9. The zero-order chi connectivity index (χ0) is 14.1. The predicted octanol–water partition coefficient (Wildman–Crippen LogP) is 1.34. The monoisotopic (exact) mass is 289 g/mol. The molecule has 1 heterocycles. The molecule has 112 valence electrons. The molecule has 0 radical (unpaired) electrons. The van der Waals surface area contributed by atoms with E-state index in [1.807, 2.05) is 6.92 Å². The number of piperidine rings is 1. The Hall–Kier alpha value is -0.130. The van der Waals surface area contributed by atoms with Crippen LogP contribution in [0.15, 0.2) is 0 Å². The van der Waals surface area contributed by atoms with E-state index in [0.717, 1.165) is 45.2 Å². The van der Waals surface area contributed by atoms with Crippen molar-refractivity contribution < 1.29 is 13.5 Å². The minimum absolute atomic E-state index is 0.117. The van der Waals surface area contributed by atoms with Crippen LogP contribution in [0.1, 0.15) is 45.4 Å². The SMILES string of the molecule is CC(O)(C1CCCNC1)C1CCCC(S(C)(=O)=O)C1. The van der Waals surface area contributed by atoms with E-state index in [0.29, 0.717) is 6.42 Å². The molecule has 2 N–H and O–H groups in total. The molecule has 4 unspecified atom stereocenters. The van der Waals surface area contributed by atoms with Crippen LogP contribution in [0.2, 0.25) is 0 Å². The lowest BCUT2D eigenvalue weighted by Gasteiger charge is -2.44. The van der Waals surface area contributed by atoms with Crippen LogP contribution in [0, 0.1) is 11.8 Å². The Bertz CT molecular complexity index is 399. The Kier molecular flexibility index (Phi) is 4.58. The number of aliphatic hydroxyl groups is 1. The maximum absolute atomic E-state index is 11.7. The Morgan fingerprint density at radius 2 is 1.84 bits per heavy atom. The molecule has 19 heavy (non-hydrogen) atoms. The Balaban J connectivity index is 2.06. The molecule has 0 aromatic heterocycles. The highest BCUT2D eigenvalue weighted by atomic mass is 32.2. The van der Waals surface area contributed by atoms with E-state index in [1.165, 1.54) is 6.26 Å². The van der Waals surface area contributed by atoms with E-state index in [2.05, 4.69) is 5.32 Å².